The molecule has 3 amide bonds. The summed E-state index contributed by atoms with van der Waals surface area (Å²) in [7, 11) is 0. The van der Waals surface area contributed by atoms with Crippen LogP contribution in [0, 0.1) is 13.8 Å². The number of hydrogen-bond acceptors (Lipinski definition) is 6. The van der Waals surface area contributed by atoms with E-state index in [9.17, 15) is 14.4 Å². The number of hydrogen-bond donors (Lipinski definition) is 3. The van der Waals surface area contributed by atoms with E-state index in [4.69, 9.17) is 8.83 Å². The van der Waals surface area contributed by atoms with Gasteiger partial charge < -0.3 is 8.83 Å². The molecule has 0 spiro atoms. The van der Waals surface area contributed by atoms with Gasteiger partial charge in [0, 0.05) is 23.1 Å². The van der Waals surface area contributed by atoms with Crippen molar-refractivity contribution in [1.82, 2.24) is 16.3 Å². The molecule has 4 rings (SSSR count). The Kier molecular flexibility index (Phi) is 5.89. The zero-order valence-corrected chi connectivity index (χ0v) is 17.7. The number of carbonyl (C=O) groups excluding carboxylic acids is 3. The van der Waals surface area contributed by atoms with Crippen LogP contribution in [0.2, 0.25) is 0 Å². The fourth-order valence-corrected chi connectivity index (χ4v) is 3.64. The first-order valence-corrected chi connectivity index (χ1v) is 10.1. The summed E-state index contributed by atoms with van der Waals surface area (Å²) in [6.07, 6.45) is 3.42. The van der Waals surface area contributed by atoms with Gasteiger partial charge in [-0.05, 0) is 50.5 Å². The molecular weight excluding hydrogens is 412 g/mol. The van der Waals surface area contributed by atoms with Gasteiger partial charge in [-0.15, -0.1) is 0 Å². The molecule has 3 aromatic rings. The number of nitrogens with zero attached hydrogens (tertiary/aromatic N) is 1. The van der Waals surface area contributed by atoms with E-state index in [1.807, 2.05) is 19.1 Å². The van der Waals surface area contributed by atoms with Gasteiger partial charge in [-0.2, -0.15) is 5.10 Å². The van der Waals surface area contributed by atoms with Crippen LogP contribution in [0.4, 0.5) is 0 Å². The Morgan fingerprint density at radius 1 is 0.938 bits per heavy atom. The number of hydrazone groups is 1. The van der Waals surface area contributed by atoms with Crippen LogP contribution < -0.4 is 16.3 Å². The van der Waals surface area contributed by atoms with Crippen molar-refractivity contribution in [2.45, 2.75) is 33.1 Å². The number of nitrogens with one attached hydrogen (secondary N) is 3. The van der Waals surface area contributed by atoms with Gasteiger partial charge in [0.15, 0.2) is 11.5 Å². The van der Waals surface area contributed by atoms with E-state index in [1.165, 1.54) is 12.3 Å². The number of hydrazine groups is 1. The number of furan rings is 2. The first-order chi connectivity index (χ1) is 15.5. The van der Waals surface area contributed by atoms with Crippen LogP contribution in [-0.2, 0) is 6.42 Å². The van der Waals surface area contributed by atoms with Crippen LogP contribution in [0.1, 0.15) is 66.8 Å². The van der Waals surface area contributed by atoms with Crippen molar-refractivity contribution in [1.29, 1.82) is 0 Å². The predicted octanol–water partition coefficient (Wildman–Crippen LogP) is 3.03. The van der Waals surface area contributed by atoms with E-state index < -0.39 is 11.8 Å². The molecule has 2 aromatic heterocycles. The summed E-state index contributed by atoms with van der Waals surface area (Å²) in [5.41, 5.74) is 10.6. The first kappa shape index (κ1) is 21.1. The maximum Gasteiger partial charge on any atom is 0.305 e. The van der Waals surface area contributed by atoms with Gasteiger partial charge in [0.05, 0.1) is 12.0 Å². The number of carbonyl (C=O) groups is 3. The Morgan fingerprint density at radius 2 is 1.72 bits per heavy atom. The normalized spacial score (nSPS) is 14.0. The molecule has 0 fully saturated rings. The monoisotopic (exact) mass is 434 g/mol. The van der Waals surface area contributed by atoms with Gasteiger partial charge in [-0.3, -0.25) is 25.2 Å². The highest BCUT2D eigenvalue weighted by molar-refractivity contribution is 6.07. The lowest BCUT2D eigenvalue weighted by atomic mass is 9.93. The van der Waals surface area contributed by atoms with E-state index in [0.29, 0.717) is 41.0 Å². The average molecular weight is 434 g/mol. The minimum absolute atomic E-state index is 0.0691. The minimum Gasteiger partial charge on any atom is -0.459 e. The molecule has 1 aliphatic rings. The summed E-state index contributed by atoms with van der Waals surface area (Å²) in [6.45, 7) is 3.60. The lowest BCUT2D eigenvalue weighted by Crippen LogP contribution is -2.41. The number of benzene rings is 1. The number of rotatable bonds is 4. The topological polar surface area (TPSA) is 126 Å². The molecule has 1 aliphatic carbocycles. The standard InChI is InChI=1S/C23H22N4O5/c1-13-7-3-4-8-15(13)21(28)25-24-16-9-5-10-17-19(16)14(2)20(32-17)23(30)27-26-22(29)18-11-6-12-31-18/h3-4,6-8,11-12H,5,9-10H2,1-2H3,(H,25,28)(H,26,29)(H,27,30)/b24-16+. The SMILES string of the molecule is Cc1ccccc1C(=O)N/N=C1\CCCc2oc(C(=O)NNC(=O)c3ccco3)c(C)c21. The molecule has 9 heteroatoms. The fraction of sp³-hybridized carbons (Fsp3) is 0.217. The van der Waals surface area contributed by atoms with Gasteiger partial charge >= 0.3 is 11.8 Å². The number of amides is 3. The van der Waals surface area contributed by atoms with Crippen molar-refractivity contribution in [3.05, 3.63) is 82.2 Å². The second-order valence-corrected chi connectivity index (χ2v) is 7.41. The molecule has 164 valence electrons. The summed E-state index contributed by atoms with van der Waals surface area (Å²) in [5, 5.41) is 4.33. The van der Waals surface area contributed by atoms with Crippen LogP contribution in [0.3, 0.4) is 0 Å². The molecule has 0 bridgehead atoms. The van der Waals surface area contributed by atoms with E-state index >= 15 is 0 Å². The quantitative estimate of drug-likeness (QED) is 0.544. The third-order valence-corrected chi connectivity index (χ3v) is 5.25. The number of fused-ring (bicyclic) bond motifs is 1. The second-order valence-electron chi connectivity index (χ2n) is 7.41. The molecule has 0 unspecified atom stereocenters. The van der Waals surface area contributed by atoms with Crippen LogP contribution in [0.15, 0.2) is 56.6 Å². The zero-order valence-electron chi connectivity index (χ0n) is 17.7. The molecule has 2 heterocycles. The molecule has 0 saturated carbocycles. The molecule has 0 atom stereocenters. The van der Waals surface area contributed by atoms with Crippen LogP contribution in [0.25, 0.3) is 0 Å². The Balaban J connectivity index is 1.50. The second kappa shape index (κ2) is 8.93. The number of aryl methyl sites for hydroxylation is 2. The van der Waals surface area contributed by atoms with Crippen molar-refractivity contribution in [3.8, 4) is 0 Å². The van der Waals surface area contributed by atoms with Gasteiger partial charge in [-0.1, -0.05) is 18.2 Å². The predicted molar refractivity (Wildman–Crippen MR) is 115 cm³/mol. The third kappa shape index (κ3) is 4.18. The molecule has 32 heavy (non-hydrogen) atoms. The van der Waals surface area contributed by atoms with Gasteiger partial charge in [0.25, 0.3) is 5.91 Å². The van der Waals surface area contributed by atoms with E-state index in [2.05, 4.69) is 21.4 Å². The molecular formula is C23H22N4O5. The highest BCUT2D eigenvalue weighted by Gasteiger charge is 2.28. The molecule has 9 nitrogen and oxygen atoms in total. The maximum absolute atomic E-state index is 12.6. The van der Waals surface area contributed by atoms with E-state index in [-0.39, 0.29) is 17.4 Å². The average Bonchev–Trinajstić information content (AvgIpc) is 3.45. The molecule has 3 N–H and O–H groups in total. The highest BCUT2D eigenvalue weighted by atomic mass is 16.4. The lowest BCUT2D eigenvalue weighted by molar-refractivity contribution is 0.0815. The molecule has 0 aliphatic heterocycles. The maximum atomic E-state index is 12.6. The highest BCUT2D eigenvalue weighted by Crippen LogP contribution is 2.29. The Labute approximate surface area is 183 Å². The Hall–Kier alpha value is -4.14. The van der Waals surface area contributed by atoms with Crippen LogP contribution >= 0.6 is 0 Å². The van der Waals surface area contributed by atoms with Crippen molar-refractivity contribution in [3.63, 3.8) is 0 Å². The summed E-state index contributed by atoms with van der Waals surface area (Å²) in [6, 6.07) is 10.3. The minimum atomic E-state index is -0.597. The summed E-state index contributed by atoms with van der Waals surface area (Å²) in [5.74, 6) is -0.713. The lowest BCUT2D eigenvalue weighted by Gasteiger charge is -2.13. The summed E-state index contributed by atoms with van der Waals surface area (Å²) in [4.78, 5) is 37.1. The van der Waals surface area contributed by atoms with Gasteiger partial charge in [0.1, 0.15) is 5.76 Å². The van der Waals surface area contributed by atoms with Crippen molar-refractivity contribution >= 4 is 23.4 Å². The molecule has 0 saturated heterocycles. The Bertz CT molecular complexity index is 1210. The van der Waals surface area contributed by atoms with Gasteiger partial charge in [-0.25, -0.2) is 5.43 Å². The van der Waals surface area contributed by atoms with Crippen LogP contribution in [0.5, 0.6) is 0 Å². The smallest absolute Gasteiger partial charge is 0.305 e. The van der Waals surface area contributed by atoms with Crippen molar-refractivity contribution < 1.29 is 23.2 Å². The first-order valence-electron chi connectivity index (χ1n) is 10.1. The molecule has 1 aromatic carbocycles. The largest absolute Gasteiger partial charge is 0.459 e. The fourth-order valence-electron chi connectivity index (χ4n) is 3.64. The zero-order chi connectivity index (χ0) is 22.7. The Morgan fingerprint density at radius 3 is 2.47 bits per heavy atom. The van der Waals surface area contributed by atoms with Crippen molar-refractivity contribution in [2.75, 3.05) is 0 Å². The summed E-state index contributed by atoms with van der Waals surface area (Å²) >= 11 is 0. The van der Waals surface area contributed by atoms with E-state index in [0.717, 1.165) is 12.0 Å². The van der Waals surface area contributed by atoms with Gasteiger partial charge in [0.2, 0.25) is 0 Å². The van der Waals surface area contributed by atoms with Crippen LogP contribution in [-0.4, -0.2) is 23.4 Å². The van der Waals surface area contributed by atoms with Crippen molar-refractivity contribution in [2.24, 2.45) is 5.10 Å². The summed E-state index contributed by atoms with van der Waals surface area (Å²) < 4.78 is 10.8. The third-order valence-electron chi connectivity index (χ3n) is 5.25. The molecule has 0 radical (unpaired) electrons. The van der Waals surface area contributed by atoms with E-state index in [1.54, 1.807) is 25.1 Å².